The number of nitrogens with one attached hydrogen (secondary N) is 3. The summed E-state index contributed by atoms with van der Waals surface area (Å²) in [7, 11) is 0. The monoisotopic (exact) mass is 522 g/mol. The van der Waals surface area contributed by atoms with Gasteiger partial charge in [-0.3, -0.25) is 23.9 Å². The maximum Gasteiger partial charge on any atom is 0.522 e. The summed E-state index contributed by atoms with van der Waals surface area (Å²) in [6, 6.07) is -1.60. The van der Waals surface area contributed by atoms with Gasteiger partial charge >= 0.3 is 6.36 Å². The van der Waals surface area contributed by atoms with Crippen molar-refractivity contribution in [3.63, 3.8) is 0 Å². The highest BCUT2D eigenvalue weighted by atomic mass is 19.4. The Morgan fingerprint density at radius 1 is 1.19 bits per heavy atom. The van der Waals surface area contributed by atoms with Crippen molar-refractivity contribution in [1.82, 2.24) is 21.1 Å². The number of carbonyl (C=O) groups excluding carboxylic acids is 4. The fraction of sp³-hybridized carbons (Fsp3) is 0.682. The lowest BCUT2D eigenvalue weighted by Gasteiger charge is -2.25. The predicted octanol–water partition coefficient (Wildman–Crippen LogP) is 2.14. The Balaban J connectivity index is 2.17. The zero-order valence-corrected chi connectivity index (χ0v) is 20.3. The number of hydrogen-bond acceptors (Lipinski definition) is 7. The van der Waals surface area contributed by atoms with Crippen molar-refractivity contribution < 1.29 is 46.0 Å². The summed E-state index contributed by atoms with van der Waals surface area (Å²) in [5, 5.41) is 10.9. The molecule has 0 radical (unpaired) electrons. The van der Waals surface area contributed by atoms with Gasteiger partial charge < -0.3 is 20.5 Å². The van der Waals surface area contributed by atoms with Gasteiger partial charge in [0.15, 0.2) is 22.9 Å². The molecule has 14 heteroatoms. The van der Waals surface area contributed by atoms with Crippen molar-refractivity contribution in [3.05, 3.63) is 17.5 Å². The SMILES string of the molecule is CC(C)C[C@H](NC(=O)c1cc(C(C)(C)F)on1)C(=O)N[C@@H](C[C@@H]1CCNC1=O)C(=O)COC(F)(F)F. The first-order valence-electron chi connectivity index (χ1n) is 11.3. The van der Waals surface area contributed by atoms with Gasteiger partial charge in [0.2, 0.25) is 11.8 Å². The van der Waals surface area contributed by atoms with Crippen LogP contribution in [0, 0.1) is 11.8 Å². The van der Waals surface area contributed by atoms with Gasteiger partial charge in [-0.1, -0.05) is 19.0 Å². The fourth-order valence-electron chi connectivity index (χ4n) is 3.55. The first-order valence-corrected chi connectivity index (χ1v) is 11.3. The van der Waals surface area contributed by atoms with E-state index in [1.165, 1.54) is 13.8 Å². The molecule has 1 fully saturated rings. The molecule has 0 aliphatic carbocycles. The zero-order valence-electron chi connectivity index (χ0n) is 20.3. The molecule has 0 unspecified atom stereocenters. The molecule has 36 heavy (non-hydrogen) atoms. The molecule has 1 aliphatic heterocycles. The van der Waals surface area contributed by atoms with Gasteiger partial charge in [0.25, 0.3) is 5.91 Å². The second kappa shape index (κ2) is 11.8. The van der Waals surface area contributed by atoms with Crippen molar-refractivity contribution in [2.45, 2.75) is 71.1 Å². The zero-order chi connectivity index (χ0) is 27.3. The third-order valence-corrected chi connectivity index (χ3v) is 5.42. The molecule has 0 saturated carbocycles. The van der Waals surface area contributed by atoms with E-state index in [1.54, 1.807) is 13.8 Å². The van der Waals surface area contributed by atoms with Gasteiger partial charge in [0.05, 0.1) is 6.04 Å². The van der Waals surface area contributed by atoms with E-state index in [9.17, 15) is 36.7 Å². The molecular weight excluding hydrogens is 492 g/mol. The first kappa shape index (κ1) is 29.2. The number of Topliss-reactive ketones (excluding diaryl/α,β-unsaturated/α-hetero) is 1. The molecule has 0 bridgehead atoms. The average molecular weight is 522 g/mol. The summed E-state index contributed by atoms with van der Waals surface area (Å²) in [6.07, 6.45) is -4.86. The highest BCUT2D eigenvalue weighted by Crippen LogP contribution is 2.25. The largest absolute Gasteiger partial charge is 0.522 e. The minimum Gasteiger partial charge on any atom is -0.357 e. The summed E-state index contributed by atoms with van der Waals surface area (Å²) in [4.78, 5) is 50.1. The van der Waals surface area contributed by atoms with Crippen molar-refractivity contribution >= 4 is 23.5 Å². The van der Waals surface area contributed by atoms with E-state index < -0.39 is 54.2 Å². The molecule has 0 spiro atoms. The number of aromatic nitrogens is 1. The van der Waals surface area contributed by atoms with E-state index >= 15 is 0 Å². The minimum atomic E-state index is -5.06. The number of carbonyl (C=O) groups is 4. The van der Waals surface area contributed by atoms with E-state index in [1.807, 2.05) is 0 Å². The van der Waals surface area contributed by atoms with Gasteiger partial charge in [0, 0.05) is 18.5 Å². The maximum atomic E-state index is 14.0. The van der Waals surface area contributed by atoms with Crippen LogP contribution in [0.5, 0.6) is 0 Å². The first-order chi connectivity index (χ1) is 16.6. The van der Waals surface area contributed by atoms with Crippen LogP contribution in [0.2, 0.25) is 0 Å². The summed E-state index contributed by atoms with van der Waals surface area (Å²) < 4.78 is 59.8. The Kier molecular flexibility index (Phi) is 9.57. The maximum absolute atomic E-state index is 14.0. The molecule has 3 amide bonds. The molecule has 0 aromatic carbocycles. The Labute approximate surface area is 204 Å². The third kappa shape index (κ3) is 8.88. The Morgan fingerprint density at radius 2 is 1.86 bits per heavy atom. The average Bonchev–Trinajstić information content (AvgIpc) is 3.39. The molecule has 1 aromatic heterocycles. The van der Waals surface area contributed by atoms with Crippen LogP contribution in [0.1, 0.15) is 63.2 Å². The second-order valence-corrected chi connectivity index (χ2v) is 9.48. The lowest BCUT2D eigenvalue weighted by Crippen LogP contribution is -2.53. The lowest BCUT2D eigenvalue weighted by atomic mass is 9.95. The summed E-state index contributed by atoms with van der Waals surface area (Å²) in [5.74, 6) is -4.20. The number of ether oxygens (including phenoxy) is 1. The van der Waals surface area contributed by atoms with Crippen LogP contribution < -0.4 is 16.0 Å². The van der Waals surface area contributed by atoms with Gasteiger partial charge in [0.1, 0.15) is 12.6 Å². The van der Waals surface area contributed by atoms with Gasteiger partial charge in [-0.2, -0.15) is 0 Å². The van der Waals surface area contributed by atoms with Gasteiger partial charge in [-0.05, 0) is 39.0 Å². The Hall–Kier alpha value is -3.03. The molecule has 3 atom stereocenters. The van der Waals surface area contributed by atoms with Crippen molar-refractivity contribution in [2.75, 3.05) is 13.2 Å². The van der Waals surface area contributed by atoms with E-state index in [-0.39, 0.29) is 36.1 Å². The number of rotatable bonds is 12. The molecule has 2 heterocycles. The number of halogens is 4. The highest BCUT2D eigenvalue weighted by molar-refractivity contribution is 5.97. The molecule has 202 valence electrons. The van der Waals surface area contributed by atoms with Crippen LogP contribution >= 0.6 is 0 Å². The molecule has 10 nitrogen and oxygen atoms in total. The molecule has 3 N–H and O–H groups in total. The molecule has 2 rings (SSSR count). The van der Waals surface area contributed by atoms with E-state index in [0.717, 1.165) is 6.07 Å². The lowest BCUT2D eigenvalue weighted by molar-refractivity contribution is -0.321. The van der Waals surface area contributed by atoms with Crippen LogP contribution in [-0.2, 0) is 24.8 Å². The number of amides is 3. The van der Waals surface area contributed by atoms with Crippen molar-refractivity contribution in [1.29, 1.82) is 0 Å². The van der Waals surface area contributed by atoms with E-state index in [4.69, 9.17) is 4.52 Å². The third-order valence-electron chi connectivity index (χ3n) is 5.42. The second-order valence-electron chi connectivity index (χ2n) is 9.48. The van der Waals surface area contributed by atoms with Crippen LogP contribution in [-0.4, -0.2) is 60.3 Å². The quantitative estimate of drug-likeness (QED) is 0.358. The van der Waals surface area contributed by atoms with Gasteiger partial charge in [-0.25, -0.2) is 4.39 Å². The summed E-state index contributed by atoms with van der Waals surface area (Å²) in [5.41, 5.74) is -2.19. The number of hydrogen-bond donors (Lipinski definition) is 3. The van der Waals surface area contributed by atoms with Crippen molar-refractivity contribution in [3.8, 4) is 0 Å². The number of alkyl halides is 4. The molecule has 1 aromatic rings. The topological polar surface area (TPSA) is 140 Å². The smallest absolute Gasteiger partial charge is 0.357 e. The van der Waals surface area contributed by atoms with Gasteiger partial charge in [-0.15, -0.1) is 13.2 Å². The molecular formula is C22H30F4N4O6. The van der Waals surface area contributed by atoms with E-state index in [2.05, 4.69) is 25.8 Å². The Bertz CT molecular complexity index is 957. The van der Waals surface area contributed by atoms with Crippen molar-refractivity contribution in [2.24, 2.45) is 11.8 Å². The standard InChI is InChI=1S/C22H30F4N4O6/c1-11(2)7-14(29-20(34)15-9-17(36-30-15)21(3,4)23)19(33)28-13(8-12-5-6-27-18(12)32)16(31)10-35-22(24,25)26/h9,11-14H,5-8,10H2,1-4H3,(H,27,32)(H,28,33)(H,29,34)/t12-,13-,14-/m0/s1. The number of nitrogens with zero attached hydrogens (tertiary/aromatic N) is 1. The van der Waals surface area contributed by atoms with Crippen LogP contribution in [0.3, 0.4) is 0 Å². The molecule has 1 aliphatic rings. The summed E-state index contributed by atoms with van der Waals surface area (Å²) in [6.45, 7) is 4.90. The fourth-order valence-corrected chi connectivity index (χ4v) is 3.55. The Morgan fingerprint density at radius 3 is 2.36 bits per heavy atom. The minimum absolute atomic E-state index is 0.0980. The predicted molar refractivity (Wildman–Crippen MR) is 116 cm³/mol. The van der Waals surface area contributed by atoms with Crippen LogP contribution in [0.25, 0.3) is 0 Å². The van der Waals surface area contributed by atoms with Crippen LogP contribution in [0.4, 0.5) is 17.6 Å². The normalized spacial score (nSPS) is 18.0. The van der Waals surface area contributed by atoms with Crippen LogP contribution in [0.15, 0.2) is 10.6 Å². The highest BCUT2D eigenvalue weighted by Gasteiger charge is 2.36. The van der Waals surface area contributed by atoms with E-state index in [0.29, 0.717) is 13.0 Å². The summed E-state index contributed by atoms with van der Waals surface area (Å²) >= 11 is 0. The number of ketones is 1. The molecule has 1 saturated heterocycles.